The van der Waals surface area contributed by atoms with Crippen LogP contribution in [-0.4, -0.2) is 0 Å². The summed E-state index contributed by atoms with van der Waals surface area (Å²) < 4.78 is 13.8. The molecule has 0 spiro atoms. The molecular weight excluding hydrogens is 403 g/mol. The predicted molar refractivity (Wildman–Crippen MR) is 131 cm³/mol. The van der Waals surface area contributed by atoms with Gasteiger partial charge >= 0.3 is 0 Å². The van der Waals surface area contributed by atoms with Gasteiger partial charge in [-0.3, -0.25) is 0 Å². The molecule has 0 aromatic heterocycles. The lowest BCUT2D eigenvalue weighted by atomic mass is 9.63. The first kappa shape index (κ1) is 22.8. The summed E-state index contributed by atoms with van der Waals surface area (Å²) >= 11 is 5.83. The molecule has 0 amide bonds. The topological polar surface area (TPSA) is 0 Å². The maximum atomic E-state index is 13.8. The van der Waals surface area contributed by atoms with Gasteiger partial charge in [0.15, 0.2) is 0 Å². The van der Waals surface area contributed by atoms with E-state index in [0.29, 0.717) is 5.92 Å². The van der Waals surface area contributed by atoms with E-state index < -0.39 is 0 Å². The van der Waals surface area contributed by atoms with E-state index in [2.05, 4.69) is 31.2 Å². The molecule has 0 saturated heterocycles. The van der Waals surface area contributed by atoms with Crippen LogP contribution in [0, 0.1) is 23.6 Å². The second kappa shape index (κ2) is 11.0. The molecule has 4 rings (SSSR count). The molecule has 4 unspecified atom stereocenters. The van der Waals surface area contributed by atoms with Crippen molar-refractivity contribution >= 4 is 11.6 Å². The van der Waals surface area contributed by atoms with Gasteiger partial charge in [-0.1, -0.05) is 93.8 Å². The molecule has 0 aliphatic heterocycles. The smallest absolute Gasteiger partial charge is 0.142 e. The lowest BCUT2D eigenvalue weighted by Crippen LogP contribution is -2.30. The first-order chi connectivity index (χ1) is 15.1. The standard InChI is InChI=1S/C29H38ClF/c1-2-3-4-5-6-7-21-8-9-26-19-25(15-14-24(26)18-21)22-10-12-23(13-11-22)27-16-17-28(30)29(31)20-27/h10-13,16-17,20-21,24-26H,2-9,14-15,18-19H2,1H3. The zero-order valence-corrected chi connectivity index (χ0v) is 19.8. The Morgan fingerprint density at radius 1 is 0.806 bits per heavy atom. The first-order valence-corrected chi connectivity index (χ1v) is 13.1. The number of unbranched alkanes of at least 4 members (excludes halogenated alkanes) is 4. The van der Waals surface area contributed by atoms with Gasteiger partial charge in [0.25, 0.3) is 0 Å². The Labute approximate surface area is 193 Å². The fourth-order valence-corrected chi connectivity index (χ4v) is 6.33. The minimum absolute atomic E-state index is 0.184. The van der Waals surface area contributed by atoms with E-state index in [-0.39, 0.29) is 10.8 Å². The summed E-state index contributed by atoms with van der Waals surface area (Å²) in [5.74, 6) is 3.25. The molecule has 0 radical (unpaired) electrons. The Kier molecular flexibility index (Phi) is 8.10. The molecule has 4 atom stereocenters. The van der Waals surface area contributed by atoms with Crippen molar-refractivity contribution in [1.29, 1.82) is 0 Å². The van der Waals surface area contributed by atoms with Crippen molar-refractivity contribution in [3.8, 4) is 11.1 Å². The van der Waals surface area contributed by atoms with E-state index >= 15 is 0 Å². The summed E-state index contributed by atoms with van der Waals surface area (Å²) in [6.07, 6.45) is 17.1. The summed E-state index contributed by atoms with van der Waals surface area (Å²) in [5, 5.41) is 0.184. The van der Waals surface area contributed by atoms with Gasteiger partial charge in [-0.15, -0.1) is 0 Å². The maximum absolute atomic E-state index is 13.8. The maximum Gasteiger partial charge on any atom is 0.142 e. The predicted octanol–water partition coefficient (Wildman–Crippen LogP) is 9.81. The highest BCUT2D eigenvalue weighted by Gasteiger charge is 2.35. The fourth-order valence-electron chi connectivity index (χ4n) is 6.21. The molecule has 0 bridgehead atoms. The molecule has 31 heavy (non-hydrogen) atoms. The van der Waals surface area contributed by atoms with Gasteiger partial charge in [-0.2, -0.15) is 0 Å². The van der Waals surface area contributed by atoms with Crippen LogP contribution in [0.5, 0.6) is 0 Å². The van der Waals surface area contributed by atoms with Crippen LogP contribution in [0.2, 0.25) is 5.02 Å². The SMILES string of the molecule is CCCCCCCC1CCC2CC(c3ccc(-c4ccc(Cl)c(F)c4)cc3)CCC2C1. The molecule has 0 nitrogen and oxygen atoms in total. The van der Waals surface area contributed by atoms with Crippen LogP contribution in [0.3, 0.4) is 0 Å². The van der Waals surface area contributed by atoms with Crippen molar-refractivity contribution in [3.05, 3.63) is 58.9 Å². The fraction of sp³-hybridized carbons (Fsp3) is 0.586. The molecule has 2 heteroatoms. The third kappa shape index (κ3) is 5.92. The summed E-state index contributed by atoms with van der Waals surface area (Å²) in [6, 6.07) is 13.9. The molecule has 2 aromatic carbocycles. The van der Waals surface area contributed by atoms with Crippen LogP contribution < -0.4 is 0 Å². The first-order valence-electron chi connectivity index (χ1n) is 12.7. The van der Waals surface area contributed by atoms with Crippen LogP contribution in [0.1, 0.15) is 95.5 Å². The van der Waals surface area contributed by atoms with Gasteiger partial charge in [0.05, 0.1) is 5.02 Å². The number of hydrogen-bond acceptors (Lipinski definition) is 0. The number of rotatable bonds is 8. The Bertz CT molecular complexity index is 827. The molecular formula is C29H38ClF. The van der Waals surface area contributed by atoms with E-state index in [4.69, 9.17) is 11.6 Å². The number of fused-ring (bicyclic) bond motifs is 1. The number of benzene rings is 2. The third-order valence-electron chi connectivity index (χ3n) is 8.07. The quantitative estimate of drug-likeness (QED) is 0.358. The van der Waals surface area contributed by atoms with Crippen LogP contribution >= 0.6 is 11.6 Å². The zero-order chi connectivity index (χ0) is 21.6. The van der Waals surface area contributed by atoms with E-state index in [1.807, 2.05) is 6.07 Å². The van der Waals surface area contributed by atoms with Gasteiger partial charge in [0.2, 0.25) is 0 Å². The average Bonchev–Trinajstić information content (AvgIpc) is 2.80. The summed E-state index contributed by atoms with van der Waals surface area (Å²) in [7, 11) is 0. The van der Waals surface area contributed by atoms with Crippen molar-refractivity contribution in [3.63, 3.8) is 0 Å². The molecule has 2 aliphatic carbocycles. The van der Waals surface area contributed by atoms with Crippen LogP contribution in [0.15, 0.2) is 42.5 Å². The summed E-state index contributed by atoms with van der Waals surface area (Å²) in [6.45, 7) is 2.30. The Morgan fingerprint density at radius 3 is 2.29 bits per heavy atom. The minimum atomic E-state index is -0.349. The Balaban J connectivity index is 1.29. The molecule has 0 N–H and O–H groups in total. The van der Waals surface area contributed by atoms with Gasteiger partial charge in [0, 0.05) is 0 Å². The third-order valence-corrected chi connectivity index (χ3v) is 8.38. The molecule has 2 saturated carbocycles. The summed E-state index contributed by atoms with van der Waals surface area (Å²) in [4.78, 5) is 0. The zero-order valence-electron chi connectivity index (χ0n) is 19.1. The average molecular weight is 441 g/mol. The highest BCUT2D eigenvalue weighted by Crippen LogP contribution is 2.48. The van der Waals surface area contributed by atoms with Gasteiger partial charge in [-0.25, -0.2) is 4.39 Å². The van der Waals surface area contributed by atoms with E-state index in [9.17, 15) is 4.39 Å². The van der Waals surface area contributed by atoms with E-state index in [1.54, 1.807) is 6.07 Å². The molecule has 2 aromatic rings. The second-order valence-corrected chi connectivity index (χ2v) is 10.6. The van der Waals surface area contributed by atoms with Crippen LogP contribution in [0.25, 0.3) is 11.1 Å². The highest BCUT2D eigenvalue weighted by molar-refractivity contribution is 6.30. The molecule has 168 valence electrons. The Morgan fingerprint density at radius 2 is 1.52 bits per heavy atom. The van der Waals surface area contributed by atoms with Crippen LogP contribution in [-0.2, 0) is 0 Å². The minimum Gasteiger partial charge on any atom is -0.205 e. The van der Waals surface area contributed by atoms with Crippen LogP contribution in [0.4, 0.5) is 4.39 Å². The van der Waals surface area contributed by atoms with Crippen molar-refractivity contribution in [2.45, 2.75) is 89.9 Å². The summed E-state index contributed by atoms with van der Waals surface area (Å²) in [5.41, 5.74) is 3.42. The molecule has 2 fully saturated rings. The van der Waals surface area contributed by atoms with Crippen molar-refractivity contribution in [2.75, 3.05) is 0 Å². The number of hydrogen-bond donors (Lipinski definition) is 0. The van der Waals surface area contributed by atoms with Gasteiger partial charge < -0.3 is 0 Å². The number of halogens is 2. The van der Waals surface area contributed by atoms with Crippen molar-refractivity contribution in [2.24, 2.45) is 17.8 Å². The van der Waals surface area contributed by atoms with Gasteiger partial charge in [-0.05, 0) is 84.6 Å². The largest absolute Gasteiger partial charge is 0.205 e. The normalized spacial score (nSPS) is 25.9. The molecule has 2 aliphatic rings. The van der Waals surface area contributed by atoms with E-state index in [0.717, 1.165) is 28.9 Å². The van der Waals surface area contributed by atoms with Gasteiger partial charge in [0.1, 0.15) is 5.82 Å². The Hall–Kier alpha value is -1.34. The monoisotopic (exact) mass is 440 g/mol. The highest BCUT2D eigenvalue weighted by atomic mass is 35.5. The lowest BCUT2D eigenvalue weighted by Gasteiger charge is -2.42. The van der Waals surface area contributed by atoms with E-state index in [1.165, 1.54) is 88.7 Å². The van der Waals surface area contributed by atoms with Crippen molar-refractivity contribution in [1.82, 2.24) is 0 Å². The second-order valence-electron chi connectivity index (χ2n) is 10.2. The lowest BCUT2D eigenvalue weighted by molar-refractivity contribution is 0.113. The molecule has 0 heterocycles. The van der Waals surface area contributed by atoms with Crippen molar-refractivity contribution < 1.29 is 4.39 Å².